The van der Waals surface area contributed by atoms with Crippen molar-refractivity contribution in [3.05, 3.63) is 64.6 Å². The molecule has 2 aromatic rings. The van der Waals surface area contributed by atoms with Gasteiger partial charge in [-0.05, 0) is 37.1 Å². The molecule has 0 spiro atoms. The lowest BCUT2D eigenvalue weighted by Crippen LogP contribution is -2.29. The van der Waals surface area contributed by atoms with Gasteiger partial charge in [-0.25, -0.2) is 0 Å². The molecule has 3 rings (SSSR count). The number of amides is 2. The molecule has 1 saturated heterocycles. The highest BCUT2D eigenvalue weighted by molar-refractivity contribution is 8.26. The molecule has 1 fully saturated rings. The van der Waals surface area contributed by atoms with Crippen molar-refractivity contribution < 1.29 is 14.3 Å². The maximum absolute atomic E-state index is 12.7. The van der Waals surface area contributed by atoms with Gasteiger partial charge in [-0.1, -0.05) is 65.9 Å². The summed E-state index contributed by atoms with van der Waals surface area (Å²) in [4.78, 5) is 27.1. The number of para-hydroxylation sites is 2. The van der Waals surface area contributed by atoms with E-state index in [2.05, 4.69) is 5.32 Å². The van der Waals surface area contributed by atoms with Crippen molar-refractivity contribution in [1.29, 1.82) is 0 Å². The summed E-state index contributed by atoms with van der Waals surface area (Å²) >= 11 is 6.66. The SMILES string of the molecule is COc1ccccc1NC(=O)CCCN1C(=O)C(=Cc2ccc(C)cc2)SC1=S. The number of rotatable bonds is 7. The van der Waals surface area contributed by atoms with Crippen molar-refractivity contribution >= 4 is 51.9 Å². The van der Waals surface area contributed by atoms with Crippen LogP contribution in [0.4, 0.5) is 5.69 Å². The van der Waals surface area contributed by atoms with Gasteiger partial charge in [-0.2, -0.15) is 0 Å². The molecule has 1 aliphatic rings. The predicted molar refractivity (Wildman–Crippen MR) is 122 cm³/mol. The molecule has 0 atom stereocenters. The van der Waals surface area contributed by atoms with Crippen LogP contribution in [0.5, 0.6) is 5.75 Å². The first-order valence-electron chi connectivity index (χ1n) is 9.23. The van der Waals surface area contributed by atoms with Gasteiger partial charge in [-0.3, -0.25) is 14.5 Å². The third kappa shape index (κ3) is 5.46. The highest BCUT2D eigenvalue weighted by Gasteiger charge is 2.31. The van der Waals surface area contributed by atoms with Crippen LogP contribution in [0, 0.1) is 6.92 Å². The third-order valence-electron chi connectivity index (χ3n) is 4.42. The van der Waals surface area contributed by atoms with Gasteiger partial charge < -0.3 is 10.1 Å². The number of methoxy groups -OCH3 is 1. The monoisotopic (exact) mass is 426 g/mol. The molecule has 0 aromatic heterocycles. The highest BCUT2D eigenvalue weighted by atomic mass is 32.2. The fraction of sp³-hybridized carbons (Fsp3) is 0.227. The summed E-state index contributed by atoms with van der Waals surface area (Å²) in [6, 6.07) is 15.2. The van der Waals surface area contributed by atoms with Gasteiger partial charge in [0, 0.05) is 13.0 Å². The standard InChI is InChI=1S/C22H22N2O3S2/c1-15-9-11-16(12-10-15)14-19-21(26)24(22(28)29-19)13-5-8-20(25)23-17-6-3-4-7-18(17)27-2/h3-4,6-7,9-12,14H,5,8,13H2,1-2H3,(H,23,25). The number of nitrogens with zero attached hydrogens (tertiary/aromatic N) is 1. The maximum atomic E-state index is 12.7. The van der Waals surface area contributed by atoms with E-state index in [1.165, 1.54) is 17.3 Å². The second-order valence-electron chi connectivity index (χ2n) is 6.60. The Bertz CT molecular complexity index is 955. The fourth-order valence-electron chi connectivity index (χ4n) is 2.87. The van der Waals surface area contributed by atoms with Gasteiger partial charge in [0.25, 0.3) is 5.91 Å². The molecular formula is C22H22N2O3S2. The van der Waals surface area contributed by atoms with Gasteiger partial charge in [-0.15, -0.1) is 0 Å². The van der Waals surface area contributed by atoms with Gasteiger partial charge in [0.2, 0.25) is 5.91 Å². The second-order valence-corrected chi connectivity index (χ2v) is 8.27. The molecule has 1 N–H and O–H groups in total. The molecule has 7 heteroatoms. The van der Waals surface area contributed by atoms with Crippen LogP contribution in [-0.4, -0.2) is 34.7 Å². The topological polar surface area (TPSA) is 58.6 Å². The number of hydrogen-bond acceptors (Lipinski definition) is 5. The molecule has 2 aromatic carbocycles. The number of carbonyl (C=O) groups excluding carboxylic acids is 2. The molecule has 0 aliphatic carbocycles. The Kier molecular flexibility index (Phi) is 7.06. The average Bonchev–Trinajstić information content (AvgIpc) is 2.97. The molecule has 29 heavy (non-hydrogen) atoms. The van der Waals surface area contributed by atoms with Crippen molar-refractivity contribution in [3.8, 4) is 5.75 Å². The highest BCUT2D eigenvalue weighted by Crippen LogP contribution is 2.32. The Morgan fingerprint density at radius 3 is 2.66 bits per heavy atom. The zero-order chi connectivity index (χ0) is 20.8. The van der Waals surface area contributed by atoms with E-state index < -0.39 is 0 Å². The molecule has 0 unspecified atom stereocenters. The quantitative estimate of drug-likeness (QED) is 0.517. The minimum atomic E-state index is -0.130. The Morgan fingerprint density at radius 2 is 1.93 bits per heavy atom. The van der Waals surface area contributed by atoms with Crippen LogP contribution in [0.3, 0.4) is 0 Å². The van der Waals surface area contributed by atoms with Crippen molar-refractivity contribution in [2.24, 2.45) is 0 Å². The Morgan fingerprint density at radius 1 is 1.21 bits per heavy atom. The summed E-state index contributed by atoms with van der Waals surface area (Å²) in [7, 11) is 1.56. The van der Waals surface area contributed by atoms with Gasteiger partial charge in [0.1, 0.15) is 10.1 Å². The minimum Gasteiger partial charge on any atom is -0.495 e. The number of benzene rings is 2. The van der Waals surface area contributed by atoms with Gasteiger partial charge >= 0.3 is 0 Å². The van der Waals surface area contributed by atoms with Crippen LogP contribution < -0.4 is 10.1 Å². The van der Waals surface area contributed by atoms with Crippen LogP contribution in [-0.2, 0) is 9.59 Å². The molecule has 150 valence electrons. The number of thiocarbonyl (C=S) groups is 1. The minimum absolute atomic E-state index is 0.106. The van der Waals surface area contributed by atoms with Crippen LogP contribution >= 0.6 is 24.0 Å². The summed E-state index contributed by atoms with van der Waals surface area (Å²) in [5, 5.41) is 2.84. The smallest absolute Gasteiger partial charge is 0.266 e. The van der Waals surface area contributed by atoms with Crippen LogP contribution in [0.25, 0.3) is 6.08 Å². The van der Waals surface area contributed by atoms with Crippen LogP contribution in [0.2, 0.25) is 0 Å². The Hall–Kier alpha value is -2.64. The maximum Gasteiger partial charge on any atom is 0.266 e. The molecule has 0 radical (unpaired) electrons. The fourth-order valence-corrected chi connectivity index (χ4v) is 4.17. The van der Waals surface area contributed by atoms with Crippen molar-refractivity contribution in [1.82, 2.24) is 4.90 Å². The zero-order valence-corrected chi connectivity index (χ0v) is 17.9. The lowest BCUT2D eigenvalue weighted by molar-refractivity contribution is -0.122. The lowest BCUT2D eigenvalue weighted by atomic mass is 10.1. The van der Waals surface area contributed by atoms with Crippen LogP contribution in [0.1, 0.15) is 24.0 Å². The van der Waals surface area contributed by atoms with Crippen molar-refractivity contribution in [2.45, 2.75) is 19.8 Å². The van der Waals surface area contributed by atoms with Crippen molar-refractivity contribution in [3.63, 3.8) is 0 Å². The first-order chi connectivity index (χ1) is 14.0. The van der Waals surface area contributed by atoms with E-state index in [0.717, 1.165) is 5.56 Å². The van der Waals surface area contributed by atoms with Crippen molar-refractivity contribution in [2.75, 3.05) is 19.0 Å². The number of anilines is 1. The first-order valence-corrected chi connectivity index (χ1v) is 10.5. The molecular weight excluding hydrogens is 404 g/mol. The largest absolute Gasteiger partial charge is 0.495 e. The number of ether oxygens (including phenoxy) is 1. The van der Waals surface area contributed by atoms with E-state index in [1.54, 1.807) is 24.1 Å². The summed E-state index contributed by atoms with van der Waals surface area (Å²) < 4.78 is 5.76. The normalized spacial score (nSPS) is 15.1. The summed E-state index contributed by atoms with van der Waals surface area (Å²) in [6.07, 6.45) is 2.66. The van der Waals surface area contributed by atoms with E-state index in [-0.39, 0.29) is 18.2 Å². The number of carbonyl (C=O) groups is 2. The zero-order valence-electron chi connectivity index (χ0n) is 16.3. The summed E-state index contributed by atoms with van der Waals surface area (Å²) in [6.45, 7) is 2.43. The Labute approximate surface area is 180 Å². The molecule has 1 heterocycles. The van der Waals surface area contributed by atoms with E-state index in [1.807, 2.05) is 49.4 Å². The molecule has 1 aliphatic heterocycles. The summed E-state index contributed by atoms with van der Waals surface area (Å²) in [5.41, 5.74) is 2.76. The van der Waals surface area contributed by atoms with E-state index in [0.29, 0.717) is 33.6 Å². The molecule has 5 nitrogen and oxygen atoms in total. The van der Waals surface area contributed by atoms with Gasteiger partial charge in [0.15, 0.2) is 0 Å². The molecule has 0 bridgehead atoms. The Balaban J connectivity index is 1.54. The average molecular weight is 427 g/mol. The number of hydrogen-bond donors (Lipinski definition) is 1. The van der Waals surface area contributed by atoms with Gasteiger partial charge in [0.05, 0.1) is 17.7 Å². The van der Waals surface area contributed by atoms with E-state index in [4.69, 9.17) is 17.0 Å². The first kappa shape index (κ1) is 21.1. The molecule has 2 amide bonds. The number of thioether (sulfide) groups is 1. The van der Waals surface area contributed by atoms with Crippen LogP contribution in [0.15, 0.2) is 53.4 Å². The lowest BCUT2D eigenvalue weighted by Gasteiger charge is -2.14. The molecule has 0 saturated carbocycles. The number of aryl methyl sites for hydroxylation is 1. The van der Waals surface area contributed by atoms with E-state index in [9.17, 15) is 9.59 Å². The third-order valence-corrected chi connectivity index (χ3v) is 5.79. The van der Waals surface area contributed by atoms with E-state index >= 15 is 0 Å². The summed E-state index contributed by atoms with van der Waals surface area (Å²) in [5.74, 6) is 0.375. The predicted octanol–water partition coefficient (Wildman–Crippen LogP) is 4.62. The second kappa shape index (κ2) is 9.71. The number of nitrogens with one attached hydrogen (secondary N) is 1.